The van der Waals surface area contributed by atoms with E-state index in [1.165, 1.54) is 12.8 Å². The summed E-state index contributed by atoms with van der Waals surface area (Å²) in [7, 11) is 0. The van der Waals surface area contributed by atoms with E-state index >= 15 is 0 Å². The fourth-order valence-corrected chi connectivity index (χ4v) is 6.33. The van der Waals surface area contributed by atoms with Crippen molar-refractivity contribution in [2.45, 2.75) is 70.2 Å². The molecule has 7 atom stereocenters. The first kappa shape index (κ1) is 19.6. The zero-order valence-electron chi connectivity index (χ0n) is 16.6. The van der Waals surface area contributed by atoms with Gasteiger partial charge in [0, 0.05) is 18.5 Å². The highest BCUT2D eigenvalue weighted by Crippen LogP contribution is 2.52. The predicted octanol–water partition coefficient (Wildman–Crippen LogP) is 1.14. The van der Waals surface area contributed by atoms with Gasteiger partial charge in [-0.3, -0.25) is 4.79 Å². The Kier molecular flexibility index (Phi) is 5.54. The van der Waals surface area contributed by atoms with Crippen molar-refractivity contribution >= 4 is 5.91 Å². The molecule has 0 bridgehead atoms. The minimum atomic E-state index is -0.924. The van der Waals surface area contributed by atoms with E-state index in [-0.39, 0.29) is 17.2 Å². The van der Waals surface area contributed by atoms with Crippen molar-refractivity contribution in [1.29, 1.82) is 0 Å². The van der Waals surface area contributed by atoms with Gasteiger partial charge in [0.1, 0.15) is 0 Å². The Morgan fingerprint density at radius 2 is 1.93 bits per heavy atom. The minimum absolute atomic E-state index is 0.0295. The number of aliphatic hydroxyl groups excluding tert-OH is 2. The van der Waals surface area contributed by atoms with Crippen molar-refractivity contribution in [3.8, 4) is 0 Å². The second-order valence-corrected chi connectivity index (χ2v) is 9.80. The van der Waals surface area contributed by atoms with Gasteiger partial charge in [-0.15, -0.1) is 0 Å². The lowest BCUT2D eigenvalue weighted by Gasteiger charge is -2.46. The molecule has 2 aliphatic carbocycles. The number of aliphatic hydroxyl groups is 2. The van der Waals surface area contributed by atoms with Crippen LogP contribution in [0.1, 0.15) is 51.9 Å². The van der Waals surface area contributed by atoms with Crippen molar-refractivity contribution in [1.82, 2.24) is 4.90 Å². The fraction of sp³-hybridized carbons (Fsp3) is 0.952. The predicted molar refractivity (Wildman–Crippen MR) is 102 cm³/mol. The monoisotopic (exact) mass is 380 g/mol. The molecule has 4 fully saturated rings. The normalized spacial score (nSPS) is 44.3. The van der Waals surface area contributed by atoms with Gasteiger partial charge in [-0.25, -0.2) is 0 Å². The second kappa shape index (κ2) is 7.62. The molecule has 4 rings (SSSR count). The number of fused-ring (bicyclic) bond motifs is 2. The van der Waals surface area contributed by atoms with Crippen LogP contribution in [0.3, 0.4) is 0 Å². The van der Waals surface area contributed by atoms with Crippen LogP contribution in [0.2, 0.25) is 0 Å². The van der Waals surface area contributed by atoms with Crippen LogP contribution < -0.4 is 5.73 Å². The molecule has 2 aliphatic heterocycles. The van der Waals surface area contributed by atoms with Gasteiger partial charge in [0.05, 0.1) is 30.8 Å². The zero-order chi connectivity index (χ0) is 19.2. The van der Waals surface area contributed by atoms with Gasteiger partial charge in [0.2, 0.25) is 5.91 Å². The Morgan fingerprint density at radius 3 is 2.63 bits per heavy atom. The third kappa shape index (κ3) is 3.54. The largest absolute Gasteiger partial charge is 0.390 e. The molecule has 2 saturated carbocycles. The van der Waals surface area contributed by atoms with Crippen molar-refractivity contribution in [2.24, 2.45) is 34.8 Å². The molecule has 6 nitrogen and oxygen atoms in total. The topological polar surface area (TPSA) is 96.0 Å². The van der Waals surface area contributed by atoms with E-state index in [2.05, 4.69) is 0 Å². The van der Waals surface area contributed by atoms with Crippen molar-refractivity contribution < 1.29 is 19.7 Å². The molecule has 4 N–H and O–H groups in total. The van der Waals surface area contributed by atoms with Gasteiger partial charge < -0.3 is 25.6 Å². The molecule has 154 valence electrons. The maximum absolute atomic E-state index is 13.0. The number of hydrogen-bond donors (Lipinski definition) is 3. The lowest BCUT2D eigenvalue weighted by Crippen LogP contribution is -2.53. The third-order valence-corrected chi connectivity index (χ3v) is 8.09. The Labute approximate surface area is 162 Å². The van der Waals surface area contributed by atoms with Crippen LogP contribution in [-0.4, -0.2) is 65.6 Å². The molecule has 1 spiro atoms. The number of nitrogens with two attached hydrogens (primary N) is 1. The summed E-state index contributed by atoms with van der Waals surface area (Å²) in [6, 6.07) is 0. The molecule has 0 radical (unpaired) electrons. The molecule has 2 saturated heterocycles. The lowest BCUT2D eigenvalue weighted by molar-refractivity contribution is -0.150. The van der Waals surface area contributed by atoms with E-state index in [4.69, 9.17) is 10.5 Å². The highest BCUT2D eigenvalue weighted by Gasteiger charge is 2.53. The molecule has 2 heterocycles. The van der Waals surface area contributed by atoms with Gasteiger partial charge >= 0.3 is 0 Å². The molecule has 0 aromatic heterocycles. The number of carbonyl (C=O) groups excluding carboxylic acids is 1. The summed E-state index contributed by atoms with van der Waals surface area (Å²) in [6.07, 6.45) is 5.37. The molecular formula is C21H36N2O4. The molecule has 27 heavy (non-hydrogen) atoms. The average molecular weight is 381 g/mol. The number of hydrogen-bond acceptors (Lipinski definition) is 5. The number of piperidine rings is 1. The summed E-state index contributed by atoms with van der Waals surface area (Å²) in [5.74, 6) is 1.04. The summed E-state index contributed by atoms with van der Waals surface area (Å²) in [4.78, 5) is 15.0. The summed E-state index contributed by atoms with van der Waals surface area (Å²) < 4.78 is 6.18. The molecule has 0 aromatic rings. The number of amides is 1. The number of rotatable bonds is 2. The SMILES string of the molecule is CC1CC(O)C(O)C(C(=O)N2CCC3(CC2)COC2CCC(CN)CC23)C1. The van der Waals surface area contributed by atoms with Gasteiger partial charge in [0.15, 0.2) is 0 Å². The Hall–Kier alpha value is -0.690. The van der Waals surface area contributed by atoms with Crippen LogP contribution in [0, 0.1) is 29.1 Å². The molecule has 1 amide bonds. The fourth-order valence-electron chi connectivity index (χ4n) is 6.33. The lowest BCUT2D eigenvalue weighted by atomic mass is 9.63. The zero-order valence-corrected chi connectivity index (χ0v) is 16.6. The number of likely N-dealkylation sites (tertiary alicyclic amines) is 1. The Balaban J connectivity index is 1.39. The first-order valence-electron chi connectivity index (χ1n) is 10.9. The quantitative estimate of drug-likeness (QED) is 0.668. The van der Waals surface area contributed by atoms with E-state index in [9.17, 15) is 15.0 Å². The highest BCUT2D eigenvalue weighted by atomic mass is 16.5. The average Bonchev–Trinajstić information content (AvgIpc) is 3.02. The molecule has 0 aromatic carbocycles. The van der Waals surface area contributed by atoms with Gasteiger partial charge in [-0.1, -0.05) is 6.92 Å². The van der Waals surface area contributed by atoms with Gasteiger partial charge in [0.25, 0.3) is 0 Å². The van der Waals surface area contributed by atoms with E-state index in [0.29, 0.717) is 30.8 Å². The van der Waals surface area contributed by atoms with E-state index in [0.717, 1.165) is 45.5 Å². The minimum Gasteiger partial charge on any atom is -0.390 e. The highest BCUT2D eigenvalue weighted by molar-refractivity contribution is 5.79. The van der Waals surface area contributed by atoms with E-state index in [1.54, 1.807) is 0 Å². The van der Waals surface area contributed by atoms with Crippen molar-refractivity contribution in [3.05, 3.63) is 0 Å². The standard InChI is InChI=1S/C21H36N2O4/c1-13-8-15(19(25)17(24)9-13)20(26)23-6-4-21(5-7-23)12-27-18-3-2-14(11-22)10-16(18)21/h13-19,24-25H,2-12,22H2,1H3. The number of ether oxygens (including phenoxy) is 1. The molecule has 7 unspecified atom stereocenters. The summed E-state index contributed by atoms with van der Waals surface area (Å²) in [5, 5.41) is 20.4. The second-order valence-electron chi connectivity index (χ2n) is 9.80. The van der Waals surface area contributed by atoms with Crippen LogP contribution in [0.25, 0.3) is 0 Å². The summed E-state index contributed by atoms with van der Waals surface area (Å²) in [6.45, 7) is 5.12. The van der Waals surface area contributed by atoms with Crippen LogP contribution in [0.5, 0.6) is 0 Å². The van der Waals surface area contributed by atoms with Crippen molar-refractivity contribution in [3.63, 3.8) is 0 Å². The Bertz CT molecular complexity index is 548. The Morgan fingerprint density at radius 1 is 1.19 bits per heavy atom. The van der Waals surface area contributed by atoms with Gasteiger partial charge in [-0.05, 0) is 69.2 Å². The summed E-state index contributed by atoms with van der Waals surface area (Å²) >= 11 is 0. The van der Waals surface area contributed by atoms with Crippen LogP contribution in [0.15, 0.2) is 0 Å². The first-order valence-corrected chi connectivity index (χ1v) is 10.9. The van der Waals surface area contributed by atoms with Crippen molar-refractivity contribution in [2.75, 3.05) is 26.2 Å². The first-order chi connectivity index (χ1) is 12.9. The van der Waals surface area contributed by atoms with Gasteiger partial charge in [-0.2, -0.15) is 0 Å². The smallest absolute Gasteiger partial charge is 0.228 e. The molecular weight excluding hydrogens is 344 g/mol. The van der Waals surface area contributed by atoms with E-state index in [1.807, 2.05) is 11.8 Å². The van der Waals surface area contributed by atoms with Crippen LogP contribution in [-0.2, 0) is 9.53 Å². The van der Waals surface area contributed by atoms with Crippen LogP contribution in [0.4, 0.5) is 0 Å². The molecule has 6 heteroatoms. The summed E-state index contributed by atoms with van der Waals surface area (Å²) in [5.41, 5.74) is 6.15. The maximum Gasteiger partial charge on any atom is 0.228 e. The number of carbonyl (C=O) groups is 1. The van der Waals surface area contributed by atoms with E-state index < -0.39 is 18.1 Å². The maximum atomic E-state index is 13.0. The number of nitrogens with zero attached hydrogens (tertiary/aromatic N) is 1. The van der Waals surface area contributed by atoms with Crippen LogP contribution >= 0.6 is 0 Å². The third-order valence-electron chi connectivity index (χ3n) is 8.09. The molecule has 4 aliphatic rings.